The molecule has 0 aromatic carbocycles. The highest BCUT2D eigenvalue weighted by Crippen LogP contribution is 2.05. The summed E-state index contributed by atoms with van der Waals surface area (Å²) < 4.78 is 1.32. The Morgan fingerprint density at radius 2 is 2.26 bits per heavy atom. The van der Waals surface area contributed by atoms with E-state index in [0.29, 0.717) is 5.56 Å². The zero-order valence-corrected chi connectivity index (χ0v) is 9.78. The van der Waals surface area contributed by atoms with Crippen LogP contribution in [0, 0.1) is 11.3 Å². The summed E-state index contributed by atoms with van der Waals surface area (Å²) in [5, 5.41) is 17.7. The van der Waals surface area contributed by atoms with E-state index in [1.807, 2.05) is 6.07 Å². The van der Waals surface area contributed by atoms with E-state index in [0.717, 1.165) is 6.07 Å². The molecular weight excluding hydrogens is 246 g/mol. The summed E-state index contributed by atoms with van der Waals surface area (Å²) in [7, 11) is 0. The third kappa shape index (κ3) is 2.66. The third-order valence-corrected chi connectivity index (χ3v) is 2.58. The number of aromatic carboxylic acids is 1. The second kappa shape index (κ2) is 5.14. The van der Waals surface area contributed by atoms with Crippen LogP contribution in [0.5, 0.6) is 0 Å². The van der Waals surface area contributed by atoms with Gasteiger partial charge in [0.05, 0.1) is 12.1 Å². The maximum absolute atomic E-state index is 11.7. The fourth-order valence-corrected chi connectivity index (χ4v) is 1.62. The molecule has 0 radical (unpaired) electrons. The molecule has 6 heteroatoms. The van der Waals surface area contributed by atoms with E-state index in [1.54, 1.807) is 12.1 Å². The van der Waals surface area contributed by atoms with Crippen LogP contribution in [0.15, 0.2) is 41.5 Å². The number of hydrogen-bond acceptors (Lipinski definition) is 4. The summed E-state index contributed by atoms with van der Waals surface area (Å²) >= 11 is 0. The first kappa shape index (κ1) is 12.5. The molecule has 0 bridgehead atoms. The monoisotopic (exact) mass is 255 g/mol. The molecule has 2 aromatic rings. The molecule has 0 saturated carbocycles. The molecule has 0 spiro atoms. The highest BCUT2D eigenvalue weighted by molar-refractivity contribution is 5.87. The highest BCUT2D eigenvalue weighted by Gasteiger charge is 2.07. The Hall–Kier alpha value is -2.94. The van der Waals surface area contributed by atoms with Crippen molar-refractivity contribution in [3.8, 4) is 6.07 Å². The molecule has 6 nitrogen and oxygen atoms in total. The van der Waals surface area contributed by atoms with Gasteiger partial charge in [-0.05, 0) is 12.1 Å². The minimum absolute atomic E-state index is 0.0621. The highest BCUT2D eigenvalue weighted by atomic mass is 16.4. The average Bonchev–Trinajstić information content (AvgIpc) is 2.41. The number of nitriles is 1. The van der Waals surface area contributed by atoms with Gasteiger partial charge in [0, 0.05) is 24.0 Å². The van der Waals surface area contributed by atoms with Crippen molar-refractivity contribution in [2.24, 2.45) is 0 Å². The lowest BCUT2D eigenvalue weighted by molar-refractivity contribution is 0.0696. The maximum Gasteiger partial charge on any atom is 0.335 e. The van der Waals surface area contributed by atoms with Crippen LogP contribution in [0.4, 0.5) is 0 Å². The average molecular weight is 255 g/mol. The second-order valence-electron chi connectivity index (χ2n) is 3.81. The van der Waals surface area contributed by atoms with Crippen LogP contribution in [-0.2, 0) is 6.54 Å². The fraction of sp³-hybridized carbons (Fsp3) is 0.0769. The van der Waals surface area contributed by atoms with Crippen molar-refractivity contribution in [1.29, 1.82) is 5.26 Å². The molecule has 1 N–H and O–H groups in total. The molecule has 0 aliphatic carbocycles. The van der Waals surface area contributed by atoms with Crippen LogP contribution in [-0.4, -0.2) is 20.6 Å². The smallest absolute Gasteiger partial charge is 0.335 e. The normalized spacial score (nSPS) is 9.84. The summed E-state index contributed by atoms with van der Waals surface area (Å²) in [6.07, 6.45) is 2.89. The minimum Gasteiger partial charge on any atom is -0.478 e. The van der Waals surface area contributed by atoms with Crippen LogP contribution >= 0.6 is 0 Å². The summed E-state index contributed by atoms with van der Waals surface area (Å²) in [5.41, 5.74) is 0.354. The second-order valence-corrected chi connectivity index (χ2v) is 3.81. The van der Waals surface area contributed by atoms with E-state index >= 15 is 0 Å². The first-order valence-electron chi connectivity index (χ1n) is 5.39. The van der Waals surface area contributed by atoms with E-state index in [4.69, 9.17) is 10.4 Å². The first-order valence-corrected chi connectivity index (χ1v) is 5.39. The van der Waals surface area contributed by atoms with Gasteiger partial charge in [0.25, 0.3) is 5.56 Å². The Labute approximate surface area is 108 Å². The molecule has 19 heavy (non-hydrogen) atoms. The number of carboxylic acid groups (broad SMARTS) is 1. The number of aromatic nitrogens is 2. The molecule has 0 unspecified atom stereocenters. The van der Waals surface area contributed by atoms with Gasteiger partial charge < -0.3 is 9.67 Å². The predicted octanol–water partition coefficient (Wildman–Crippen LogP) is 0.861. The SMILES string of the molecule is N#Cc1ncccc1Cn1ccc(C(=O)O)cc1=O. The quantitative estimate of drug-likeness (QED) is 0.877. The minimum atomic E-state index is -1.15. The molecule has 0 aliphatic rings. The summed E-state index contributed by atoms with van der Waals surface area (Å²) in [4.78, 5) is 26.4. The van der Waals surface area contributed by atoms with Crippen molar-refractivity contribution in [2.45, 2.75) is 6.54 Å². The van der Waals surface area contributed by atoms with Gasteiger partial charge in [0.2, 0.25) is 0 Å². The van der Waals surface area contributed by atoms with Crippen molar-refractivity contribution >= 4 is 5.97 Å². The van der Waals surface area contributed by atoms with E-state index in [-0.39, 0.29) is 17.8 Å². The maximum atomic E-state index is 11.7. The van der Waals surface area contributed by atoms with Crippen LogP contribution in [0.2, 0.25) is 0 Å². The lowest BCUT2D eigenvalue weighted by Gasteiger charge is -2.06. The molecule has 0 amide bonds. The number of carbonyl (C=O) groups is 1. The Morgan fingerprint density at radius 1 is 1.47 bits per heavy atom. The summed E-state index contributed by atoms with van der Waals surface area (Å²) in [5.74, 6) is -1.15. The van der Waals surface area contributed by atoms with Crippen LogP contribution in [0.3, 0.4) is 0 Å². The number of hydrogen-bond donors (Lipinski definition) is 1. The lowest BCUT2D eigenvalue weighted by atomic mass is 10.2. The van der Waals surface area contributed by atoms with Gasteiger partial charge in [-0.25, -0.2) is 9.78 Å². The van der Waals surface area contributed by atoms with E-state index < -0.39 is 11.5 Å². The van der Waals surface area contributed by atoms with Crippen molar-refractivity contribution in [1.82, 2.24) is 9.55 Å². The standard InChI is InChI=1S/C13H9N3O3/c14-7-11-10(2-1-4-15-11)8-16-5-3-9(13(18)19)6-12(16)17/h1-6H,8H2,(H,18,19). The van der Waals surface area contributed by atoms with Gasteiger partial charge in [-0.3, -0.25) is 4.79 Å². The van der Waals surface area contributed by atoms with Crippen molar-refractivity contribution in [2.75, 3.05) is 0 Å². The molecule has 2 heterocycles. The third-order valence-electron chi connectivity index (χ3n) is 2.58. The van der Waals surface area contributed by atoms with E-state index in [2.05, 4.69) is 4.98 Å². The molecule has 94 valence electrons. The number of nitrogens with zero attached hydrogens (tertiary/aromatic N) is 3. The Kier molecular flexibility index (Phi) is 3.39. The molecule has 0 atom stereocenters. The number of carboxylic acids is 1. The van der Waals surface area contributed by atoms with Crippen LogP contribution < -0.4 is 5.56 Å². The molecule has 2 rings (SSSR count). The summed E-state index contributed by atoms with van der Waals surface area (Å²) in [6.45, 7) is 0.176. The zero-order chi connectivity index (χ0) is 13.8. The topological polar surface area (TPSA) is 96.0 Å². The Balaban J connectivity index is 2.37. The molecular formula is C13H9N3O3. The molecule has 0 fully saturated rings. The van der Waals surface area contributed by atoms with Crippen LogP contribution in [0.1, 0.15) is 21.6 Å². The van der Waals surface area contributed by atoms with Crippen molar-refractivity contribution < 1.29 is 9.90 Å². The van der Waals surface area contributed by atoms with Gasteiger partial charge in [-0.1, -0.05) is 6.07 Å². The molecule has 0 aliphatic heterocycles. The Morgan fingerprint density at radius 3 is 2.89 bits per heavy atom. The fourth-order valence-electron chi connectivity index (χ4n) is 1.62. The van der Waals surface area contributed by atoms with Gasteiger partial charge in [-0.15, -0.1) is 0 Å². The molecule has 2 aromatic heterocycles. The lowest BCUT2D eigenvalue weighted by Crippen LogP contribution is -2.21. The summed E-state index contributed by atoms with van der Waals surface area (Å²) in [6, 6.07) is 7.70. The van der Waals surface area contributed by atoms with Crippen LogP contribution in [0.25, 0.3) is 0 Å². The van der Waals surface area contributed by atoms with Crippen molar-refractivity contribution in [3.05, 3.63) is 63.8 Å². The van der Waals surface area contributed by atoms with Gasteiger partial charge in [0.1, 0.15) is 11.8 Å². The van der Waals surface area contributed by atoms with Crippen molar-refractivity contribution in [3.63, 3.8) is 0 Å². The number of rotatable bonds is 3. The first-order chi connectivity index (χ1) is 9.11. The van der Waals surface area contributed by atoms with E-state index in [1.165, 1.54) is 23.0 Å². The van der Waals surface area contributed by atoms with E-state index in [9.17, 15) is 9.59 Å². The number of pyridine rings is 2. The largest absolute Gasteiger partial charge is 0.478 e. The van der Waals surface area contributed by atoms with Gasteiger partial charge >= 0.3 is 5.97 Å². The zero-order valence-electron chi connectivity index (χ0n) is 9.78. The van der Waals surface area contributed by atoms with Gasteiger partial charge in [-0.2, -0.15) is 5.26 Å². The molecule has 0 saturated heterocycles. The Bertz CT molecular complexity index is 728. The van der Waals surface area contributed by atoms with Gasteiger partial charge in [0.15, 0.2) is 0 Å². The predicted molar refractivity (Wildman–Crippen MR) is 65.7 cm³/mol.